The van der Waals surface area contributed by atoms with Gasteiger partial charge in [-0.2, -0.15) is 0 Å². The third-order valence-electron chi connectivity index (χ3n) is 4.36. The second-order valence-corrected chi connectivity index (χ2v) is 5.63. The van der Waals surface area contributed by atoms with Crippen LogP contribution in [0.5, 0.6) is 0 Å². The molecule has 0 bridgehead atoms. The van der Waals surface area contributed by atoms with E-state index in [-0.39, 0.29) is 0 Å². The lowest BCUT2D eigenvalue weighted by Gasteiger charge is -2.37. The largest absolute Gasteiger partial charge is 0.371 e. The maximum absolute atomic E-state index is 3.63. The van der Waals surface area contributed by atoms with Crippen LogP contribution in [0.2, 0.25) is 0 Å². The fourth-order valence-corrected chi connectivity index (χ4v) is 3.33. The molecule has 2 heterocycles. The van der Waals surface area contributed by atoms with Gasteiger partial charge < -0.3 is 10.2 Å². The third-order valence-corrected chi connectivity index (χ3v) is 4.36. The highest BCUT2D eigenvalue weighted by atomic mass is 15.2. The molecule has 0 aromatic heterocycles. The van der Waals surface area contributed by atoms with E-state index in [9.17, 15) is 0 Å². The maximum atomic E-state index is 3.63. The van der Waals surface area contributed by atoms with Gasteiger partial charge in [0.1, 0.15) is 0 Å². The minimum atomic E-state index is 0.788. The molecule has 0 radical (unpaired) electrons. The normalized spacial score (nSPS) is 28.2. The number of nitrogens with one attached hydrogen (secondary N) is 1. The second kappa shape index (κ2) is 4.34. The lowest BCUT2D eigenvalue weighted by molar-refractivity contribution is 0.376. The van der Waals surface area contributed by atoms with Gasteiger partial charge in [-0.25, -0.2) is 0 Å². The van der Waals surface area contributed by atoms with E-state index in [0.29, 0.717) is 0 Å². The van der Waals surface area contributed by atoms with Gasteiger partial charge in [-0.1, -0.05) is 12.1 Å². The zero-order valence-electron chi connectivity index (χ0n) is 10.9. The molecule has 2 aliphatic rings. The fourth-order valence-electron chi connectivity index (χ4n) is 3.33. The summed E-state index contributed by atoms with van der Waals surface area (Å²) in [7, 11) is 0. The van der Waals surface area contributed by atoms with Crippen LogP contribution < -0.4 is 10.2 Å². The van der Waals surface area contributed by atoms with Crippen LogP contribution in [0.25, 0.3) is 0 Å². The van der Waals surface area contributed by atoms with Gasteiger partial charge in [0, 0.05) is 24.8 Å². The Labute approximate surface area is 104 Å². The summed E-state index contributed by atoms with van der Waals surface area (Å²) < 4.78 is 0. The average molecular weight is 230 g/mol. The summed E-state index contributed by atoms with van der Waals surface area (Å²) in [5.41, 5.74) is 4.24. The topological polar surface area (TPSA) is 15.3 Å². The molecule has 0 aliphatic carbocycles. The molecule has 2 fully saturated rings. The first-order valence-electron chi connectivity index (χ1n) is 6.79. The standard InChI is InChI=1S/C15H22N2/c1-11-3-4-12(2)15(9-11)17-8-6-14-13(10-17)5-7-16-14/h3-4,9,13-14,16H,5-8,10H2,1-2H3. The molecule has 2 saturated heterocycles. The van der Waals surface area contributed by atoms with Crippen molar-refractivity contribution >= 4 is 5.69 Å². The quantitative estimate of drug-likeness (QED) is 0.797. The molecular formula is C15H22N2. The van der Waals surface area contributed by atoms with Crippen LogP contribution in [0.3, 0.4) is 0 Å². The lowest BCUT2D eigenvalue weighted by atomic mass is 9.92. The summed E-state index contributed by atoms with van der Waals surface area (Å²) in [5, 5.41) is 3.63. The highest BCUT2D eigenvalue weighted by Crippen LogP contribution is 2.30. The van der Waals surface area contributed by atoms with E-state index in [2.05, 4.69) is 42.3 Å². The molecule has 0 spiro atoms. The van der Waals surface area contributed by atoms with E-state index in [4.69, 9.17) is 0 Å². The summed E-state index contributed by atoms with van der Waals surface area (Å²) >= 11 is 0. The molecule has 2 aliphatic heterocycles. The van der Waals surface area contributed by atoms with Crippen molar-refractivity contribution < 1.29 is 0 Å². The van der Waals surface area contributed by atoms with Crippen molar-refractivity contribution in [1.82, 2.24) is 5.32 Å². The predicted octanol–water partition coefficient (Wildman–Crippen LogP) is 2.49. The number of nitrogens with zero attached hydrogens (tertiary/aromatic N) is 1. The number of aryl methyl sites for hydroxylation is 2. The van der Waals surface area contributed by atoms with Crippen LogP contribution in [0.4, 0.5) is 5.69 Å². The lowest BCUT2D eigenvalue weighted by Crippen LogP contribution is -2.44. The van der Waals surface area contributed by atoms with E-state index in [1.54, 1.807) is 0 Å². The summed E-state index contributed by atoms with van der Waals surface area (Å²) in [6, 6.07) is 7.60. The van der Waals surface area contributed by atoms with Crippen molar-refractivity contribution in [2.24, 2.45) is 5.92 Å². The molecule has 1 aromatic rings. The third kappa shape index (κ3) is 2.06. The number of fused-ring (bicyclic) bond motifs is 1. The van der Waals surface area contributed by atoms with Crippen molar-refractivity contribution in [1.29, 1.82) is 0 Å². The summed E-state index contributed by atoms with van der Waals surface area (Å²) in [6.07, 6.45) is 2.66. The van der Waals surface area contributed by atoms with E-state index < -0.39 is 0 Å². The van der Waals surface area contributed by atoms with Gasteiger partial charge in [0.2, 0.25) is 0 Å². The van der Waals surface area contributed by atoms with Crippen LogP contribution in [0.15, 0.2) is 18.2 Å². The monoisotopic (exact) mass is 230 g/mol. The number of piperidine rings is 1. The maximum Gasteiger partial charge on any atom is 0.0398 e. The molecule has 17 heavy (non-hydrogen) atoms. The van der Waals surface area contributed by atoms with E-state index in [1.807, 2.05) is 0 Å². The summed E-state index contributed by atoms with van der Waals surface area (Å²) in [5.74, 6) is 0.865. The van der Waals surface area contributed by atoms with Gasteiger partial charge in [-0.3, -0.25) is 0 Å². The first-order chi connectivity index (χ1) is 8.24. The molecule has 0 saturated carbocycles. The minimum absolute atomic E-state index is 0.788. The number of benzene rings is 1. The van der Waals surface area contributed by atoms with Crippen molar-refractivity contribution in [3.63, 3.8) is 0 Å². The van der Waals surface area contributed by atoms with Crippen molar-refractivity contribution in [3.05, 3.63) is 29.3 Å². The van der Waals surface area contributed by atoms with Crippen molar-refractivity contribution in [3.8, 4) is 0 Å². The molecule has 2 unspecified atom stereocenters. The second-order valence-electron chi connectivity index (χ2n) is 5.63. The zero-order chi connectivity index (χ0) is 11.8. The van der Waals surface area contributed by atoms with Crippen LogP contribution >= 0.6 is 0 Å². The minimum Gasteiger partial charge on any atom is -0.371 e. The Morgan fingerprint density at radius 3 is 3.00 bits per heavy atom. The van der Waals surface area contributed by atoms with E-state index in [0.717, 1.165) is 12.0 Å². The van der Waals surface area contributed by atoms with Crippen LogP contribution in [0, 0.1) is 19.8 Å². The van der Waals surface area contributed by atoms with Crippen LogP contribution in [-0.2, 0) is 0 Å². The Morgan fingerprint density at radius 1 is 1.24 bits per heavy atom. The molecule has 2 nitrogen and oxygen atoms in total. The fraction of sp³-hybridized carbons (Fsp3) is 0.600. The van der Waals surface area contributed by atoms with Gasteiger partial charge in [0.15, 0.2) is 0 Å². The first kappa shape index (κ1) is 11.1. The molecule has 3 rings (SSSR count). The summed E-state index contributed by atoms with van der Waals surface area (Å²) in [4.78, 5) is 2.59. The highest BCUT2D eigenvalue weighted by molar-refractivity contribution is 5.55. The Morgan fingerprint density at radius 2 is 2.12 bits per heavy atom. The van der Waals surface area contributed by atoms with Crippen molar-refractivity contribution in [2.45, 2.75) is 32.7 Å². The Kier molecular flexibility index (Phi) is 2.83. The molecule has 92 valence electrons. The number of rotatable bonds is 1. The van der Waals surface area contributed by atoms with Gasteiger partial charge in [0.05, 0.1) is 0 Å². The van der Waals surface area contributed by atoms with Gasteiger partial charge in [-0.05, 0) is 56.3 Å². The molecule has 1 N–H and O–H groups in total. The van der Waals surface area contributed by atoms with Crippen molar-refractivity contribution in [2.75, 3.05) is 24.5 Å². The average Bonchev–Trinajstić information content (AvgIpc) is 2.79. The smallest absolute Gasteiger partial charge is 0.0398 e. The molecule has 1 aromatic carbocycles. The number of anilines is 1. The Bertz CT molecular complexity index is 413. The Balaban J connectivity index is 1.82. The highest BCUT2D eigenvalue weighted by Gasteiger charge is 2.32. The Hall–Kier alpha value is -1.02. The van der Waals surface area contributed by atoms with Gasteiger partial charge in [-0.15, -0.1) is 0 Å². The van der Waals surface area contributed by atoms with Gasteiger partial charge >= 0.3 is 0 Å². The number of hydrogen-bond donors (Lipinski definition) is 1. The number of hydrogen-bond acceptors (Lipinski definition) is 2. The van der Waals surface area contributed by atoms with Crippen LogP contribution in [0.1, 0.15) is 24.0 Å². The van der Waals surface area contributed by atoms with E-state index in [1.165, 1.54) is 49.3 Å². The van der Waals surface area contributed by atoms with Crippen LogP contribution in [-0.4, -0.2) is 25.7 Å². The SMILES string of the molecule is Cc1ccc(C)c(N2CCC3NCCC3C2)c1. The molecule has 2 heteroatoms. The van der Waals surface area contributed by atoms with Gasteiger partial charge in [0.25, 0.3) is 0 Å². The predicted molar refractivity (Wildman–Crippen MR) is 72.6 cm³/mol. The zero-order valence-corrected chi connectivity index (χ0v) is 10.9. The summed E-state index contributed by atoms with van der Waals surface area (Å²) in [6.45, 7) is 8.08. The molecule has 2 atom stereocenters. The molecule has 0 amide bonds. The van der Waals surface area contributed by atoms with E-state index >= 15 is 0 Å². The first-order valence-corrected chi connectivity index (χ1v) is 6.79. The molecular weight excluding hydrogens is 208 g/mol.